The van der Waals surface area contributed by atoms with E-state index in [-0.39, 0.29) is 29.5 Å². The zero-order chi connectivity index (χ0) is 31.3. The maximum absolute atomic E-state index is 14.6. The van der Waals surface area contributed by atoms with E-state index in [2.05, 4.69) is 10.6 Å². The molecule has 1 aliphatic rings. The second kappa shape index (κ2) is 13.4. The molecular weight excluding hydrogens is 570 g/mol. The highest BCUT2D eigenvalue weighted by Crippen LogP contribution is 2.38. The number of hydrogen-bond donors (Lipinski definition) is 4. The lowest BCUT2D eigenvalue weighted by Gasteiger charge is -2.43. The van der Waals surface area contributed by atoms with E-state index in [1.54, 1.807) is 63.2 Å². The number of alkyl carbamates (subject to hydrolysis) is 1. The van der Waals surface area contributed by atoms with Crippen molar-refractivity contribution >= 4 is 35.2 Å². The Labute approximate surface area is 256 Å². The Bertz CT molecular complexity index is 1450. The summed E-state index contributed by atoms with van der Waals surface area (Å²) >= 11 is 6.44. The maximum Gasteiger partial charge on any atom is 0.408 e. The molecule has 43 heavy (non-hydrogen) atoms. The van der Waals surface area contributed by atoms with Gasteiger partial charge in [-0.05, 0) is 82.3 Å². The van der Waals surface area contributed by atoms with Gasteiger partial charge in [0.15, 0.2) is 0 Å². The minimum absolute atomic E-state index is 0.0639. The topological polar surface area (TPSA) is 128 Å². The highest BCUT2D eigenvalue weighted by Gasteiger charge is 2.43. The van der Waals surface area contributed by atoms with Crippen molar-refractivity contribution in [3.63, 3.8) is 0 Å². The summed E-state index contributed by atoms with van der Waals surface area (Å²) in [4.78, 5) is 43.2. The summed E-state index contributed by atoms with van der Waals surface area (Å²) in [7, 11) is 0. The van der Waals surface area contributed by atoms with Crippen molar-refractivity contribution in [3.8, 4) is 11.5 Å². The Kier molecular flexibility index (Phi) is 9.86. The van der Waals surface area contributed by atoms with Gasteiger partial charge in [0.05, 0.1) is 10.7 Å². The highest BCUT2D eigenvalue weighted by atomic mass is 35.5. The number of amides is 3. The number of para-hydroxylation sites is 2. The summed E-state index contributed by atoms with van der Waals surface area (Å²) in [5.74, 6) is -1.15. The molecule has 2 atom stereocenters. The number of anilines is 1. The normalized spacial score (nSPS) is 14.6. The fourth-order valence-corrected chi connectivity index (χ4v) is 5.27. The molecule has 0 radical (unpaired) electrons. The molecule has 3 amide bonds. The summed E-state index contributed by atoms with van der Waals surface area (Å²) in [5.41, 5.74) is 1.24. The molecule has 0 saturated heterocycles. The number of nitrogens with zero attached hydrogens (tertiary/aromatic N) is 1. The van der Waals surface area contributed by atoms with Crippen LogP contribution in [0, 0.1) is 6.92 Å². The summed E-state index contributed by atoms with van der Waals surface area (Å²) in [6, 6.07) is 15.3. The molecule has 9 nitrogen and oxygen atoms in total. The van der Waals surface area contributed by atoms with Gasteiger partial charge in [0.1, 0.15) is 29.2 Å². The molecule has 1 fully saturated rings. The standard InChI is InChI=1S/C33H38ClN3O6/c1-20-9-7-13-25(34)28(20)36-30(40)29(24-12-5-6-14-27(24)39)37(22-10-8-11-22)31(41)26(35-32(42)43-33(2,3)4)19-21-15-17-23(38)18-16-21/h5-7,9,12-18,22,26,29,38-39H,8,10-11,19H2,1-4H3,(H,35,42)(H,36,40). The van der Waals surface area contributed by atoms with Gasteiger partial charge in [-0.2, -0.15) is 0 Å². The molecule has 1 saturated carbocycles. The van der Waals surface area contributed by atoms with Crippen LogP contribution >= 0.6 is 11.6 Å². The predicted molar refractivity (Wildman–Crippen MR) is 165 cm³/mol. The Hall–Kier alpha value is -4.24. The molecule has 3 aromatic rings. The van der Waals surface area contributed by atoms with Gasteiger partial charge >= 0.3 is 6.09 Å². The largest absolute Gasteiger partial charge is 0.508 e. The molecule has 3 aromatic carbocycles. The smallest absolute Gasteiger partial charge is 0.408 e. The summed E-state index contributed by atoms with van der Waals surface area (Å²) < 4.78 is 5.48. The van der Waals surface area contributed by atoms with Crippen molar-refractivity contribution in [3.05, 3.63) is 88.4 Å². The van der Waals surface area contributed by atoms with E-state index in [4.69, 9.17) is 16.3 Å². The number of aromatic hydroxyl groups is 2. The van der Waals surface area contributed by atoms with Gasteiger partial charge in [-0.3, -0.25) is 9.59 Å². The van der Waals surface area contributed by atoms with Crippen molar-refractivity contribution in [2.45, 2.75) is 77.1 Å². The fourth-order valence-electron chi connectivity index (χ4n) is 5.00. The van der Waals surface area contributed by atoms with E-state index in [9.17, 15) is 24.6 Å². The second-order valence-electron chi connectivity index (χ2n) is 11.8. The van der Waals surface area contributed by atoms with Crippen LogP contribution in [0.5, 0.6) is 11.5 Å². The minimum atomic E-state index is -1.24. The summed E-state index contributed by atoms with van der Waals surface area (Å²) in [6.45, 7) is 6.97. The first-order chi connectivity index (χ1) is 20.3. The molecule has 1 aliphatic carbocycles. The van der Waals surface area contributed by atoms with Crippen LogP contribution in [0.1, 0.15) is 62.8 Å². The molecule has 0 heterocycles. The Morgan fingerprint density at radius 1 is 1.00 bits per heavy atom. The third-order valence-corrected chi connectivity index (χ3v) is 7.63. The lowest BCUT2D eigenvalue weighted by atomic mass is 9.87. The predicted octanol–water partition coefficient (Wildman–Crippen LogP) is 6.26. The Morgan fingerprint density at radius 3 is 2.26 bits per heavy atom. The second-order valence-corrected chi connectivity index (χ2v) is 12.2. The number of aryl methyl sites for hydroxylation is 1. The quantitative estimate of drug-likeness (QED) is 0.227. The van der Waals surface area contributed by atoms with Gasteiger partial charge in [0.25, 0.3) is 5.91 Å². The average Bonchev–Trinajstić information content (AvgIpc) is 2.90. The van der Waals surface area contributed by atoms with Gasteiger partial charge < -0.3 is 30.5 Å². The molecule has 0 spiro atoms. The van der Waals surface area contributed by atoms with Crippen LogP contribution < -0.4 is 10.6 Å². The number of phenolic OH excluding ortho intramolecular Hbond substituents is 2. The van der Waals surface area contributed by atoms with E-state index in [0.29, 0.717) is 29.1 Å². The minimum Gasteiger partial charge on any atom is -0.508 e. The Balaban J connectivity index is 1.78. The van der Waals surface area contributed by atoms with Crippen molar-refractivity contribution in [1.82, 2.24) is 10.2 Å². The van der Waals surface area contributed by atoms with Crippen LogP contribution in [0.25, 0.3) is 0 Å². The van der Waals surface area contributed by atoms with Gasteiger partial charge in [0.2, 0.25) is 5.91 Å². The van der Waals surface area contributed by atoms with Crippen LogP contribution in [0.15, 0.2) is 66.7 Å². The van der Waals surface area contributed by atoms with E-state index >= 15 is 0 Å². The fraction of sp³-hybridized carbons (Fsp3) is 0.364. The number of hydrogen-bond acceptors (Lipinski definition) is 6. The lowest BCUT2D eigenvalue weighted by molar-refractivity contribution is -0.145. The van der Waals surface area contributed by atoms with E-state index < -0.39 is 35.6 Å². The zero-order valence-electron chi connectivity index (χ0n) is 24.8. The number of phenols is 2. The highest BCUT2D eigenvalue weighted by molar-refractivity contribution is 6.34. The molecule has 228 valence electrons. The SMILES string of the molecule is Cc1cccc(Cl)c1NC(=O)C(c1ccccc1O)N(C(=O)C(Cc1ccc(O)cc1)NC(=O)OC(C)(C)C)C1CCC1. The van der Waals surface area contributed by atoms with Crippen LogP contribution in [0.2, 0.25) is 5.02 Å². The van der Waals surface area contributed by atoms with Gasteiger partial charge in [0, 0.05) is 18.0 Å². The number of halogens is 1. The van der Waals surface area contributed by atoms with Crippen LogP contribution in [-0.2, 0) is 20.7 Å². The number of rotatable bonds is 9. The van der Waals surface area contributed by atoms with Crippen molar-refractivity contribution in [1.29, 1.82) is 0 Å². The zero-order valence-corrected chi connectivity index (χ0v) is 25.5. The molecule has 10 heteroatoms. The molecule has 0 bridgehead atoms. The molecule has 0 aromatic heterocycles. The van der Waals surface area contributed by atoms with Crippen molar-refractivity contribution in [2.75, 3.05) is 5.32 Å². The number of carbonyl (C=O) groups excluding carboxylic acids is 3. The van der Waals surface area contributed by atoms with Crippen LogP contribution in [-0.4, -0.2) is 50.7 Å². The number of benzene rings is 3. The van der Waals surface area contributed by atoms with E-state index in [1.165, 1.54) is 23.1 Å². The monoisotopic (exact) mass is 607 g/mol. The third kappa shape index (κ3) is 7.99. The van der Waals surface area contributed by atoms with Crippen molar-refractivity contribution in [2.24, 2.45) is 0 Å². The molecule has 4 N–H and O–H groups in total. The summed E-state index contributed by atoms with van der Waals surface area (Å²) in [6.07, 6.45) is 1.43. The molecule has 4 rings (SSSR count). The van der Waals surface area contributed by atoms with Gasteiger partial charge in [-0.15, -0.1) is 0 Å². The maximum atomic E-state index is 14.6. The Morgan fingerprint density at radius 2 is 1.67 bits per heavy atom. The first-order valence-electron chi connectivity index (χ1n) is 14.3. The van der Waals surface area contributed by atoms with E-state index in [0.717, 1.165) is 12.0 Å². The third-order valence-electron chi connectivity index (χ3n) is 7.32. The molecule has 2 unspecified atom stereocenters. The number of nitrogens with one attached hydrogen (secondary N) is 2. The average molecular weight is 608 g/mol. The van der Waals surface area contributed by atoms with Crippen molar-refractivity contribution < 1.29 is 29.3 Å². The number of ether oxygens (including phenoxy) is 1. The number of carbonyl (C=O) groups is 3. The van der Waals surface area contributed by atoms with Gasteiger partial charge in [-0.25, -0.2) is 4.79 Å². The van der Waals surface area contributed by atoms with Crippen LogP contribution in [0.3, 0.4) is 0 Å². The first-order valence-corrected chi connectivity index (χ1v) is 14.7. The summed E-state index contributed by atoms with van der Waals surface area (Å²) in [5, 5.41) is 26.6. The molecule has 0 aliphatic heterocycles. The first kappa shape index (κ1) is 31.7. The van der Waals surface area contributed by atoms with Gasteiger partial charge in [-0.1, -0.05) is 54.1 Å². The molecular formula is C33H38ClN3O6. The van der Waals surface area contributed by atoms with Crippen LogP contribution in [0.4, 0.5) is 10.5 Å². The lowest BCUT2D eigenvalue weighted by Crippen LogP contribution is -2.57. The van der Waals surface area contributed by atoms with E-state index in [1.807, 2.05) is 13.0 Å².